The standard InChI is InChI=1S/C15H21NO/c1-4-11(2)15(17)16-10-6-9-13-8-5-7-12(3)14(13)16/h5,7-8,11H,4,6,9-10H2,1-3H3. The van der Waals surface area contributed by atoms with Crippen LogP contribution < -0.4 is 4.90 Å². The van der Waals surface area contributed by atoms with Gasteiger partial charge in [0, 0.05) is 18.2 Å². The fourth-order valence-electron chi connectivity index (χ4n) is 2.51. The summed E-state index contributed by atoms with van der Waals surface area (Å²) in [6.45, 7) is 7.07. The van der Waals surface area contributed by atoms with E-state index in [1.165, 1.54) is 16.8 Å². The predicted octanol–water partition coefficient (Wildman–Crippen LogP) is 3.32. The molecule has 1 atom stereocenters. The number of benzene rings is 1. The zero-order valence-corrected chi connectivity index (χ0v) is 11.0. The first-order valence-electron chi connectivity index (χ1n) is 6.55. The van der Waals surface area contributed by atoms with Crippen molar-refractivity contribution in [3.05, 3.63) is 29.3 Å². The van der Waals surface area contributed by atoms with Gasteiger partial charge in [-0.05, 0) is 37.3 Å². The second-order valence-electron chi connectivity index (χ2n) is 4.99. The van der Waals surface area contributed by atoms with E-state index in [1.807, 2.05) is 11.8 Å². The summed E-state index contributed by atoms with van der Waals surface area (Å²) in [7, 11) is 0. The largest absolute Gasteiger partial charge is 0.312 e. The molecule has 0 aliphatic carbocycles. The molecule has 0 spiro atoms. The summed E-state index contributed by atoms with van der Waals surface area (Å²) in [5.74, 6) is 0.406. The number of carbonyl (C=O) groups is 1. The van der Waals surface area contributed by atoms with Crippen LogP contribution >= 0.6 is 0 Å². The van der Waals surface area contributed by atoms with Crippen LogP contribution in [0.2, 0.25) is 0 Å². The highest BCUT2D eigenvalue weighted by molar-refractivity contribution is 5.96. The van der Waals surface area contributed by atoms with Gasteiger partial charge in [0.25, 0.3) is 0 Å². The molecule has 0 saturated heterocycles. The number of carbonyl (C=O) groups excluding carboxylic acids is 1. The molecule has 1 aliphatic heterocycles. The second-order valence-corrected chi connectivity index (χ2v) is 4.99. The molecule has 0 saturated carbocycles. The molecule has 1 heterocycles. The molecule has 1 aliphatic rings. The van der Waals surface area contributed by atoms with Crippen LogP contribution in [-0.4, -0.2) is 12.5 Å². The summed E-state index contributed by atoms with van der Waals surface area (Å²) in [5, 5.41) is 0. The number of hydrogen-bond donors (Lipinski definition) is 0. The monoisotopic (exact) mass is 231 g/mol. The molecule has 1 aromatic carbocycles. The van der Waals surface area contributed by atoms with Gasteiger partial charge in [-0.15, -0.1) is 0 Å². The molecule has 17 heavy (non-hydrogen) atoms. The highest BCUT2D eigenvalue weighted by Gasteiger charge is 2.26. The van der Waals surface area contributed by atoms with Crippen molar-refractivity contribution < 1.29 is 4.79 Å². The van der Waals surface area contributed by atoms with Crippen LogP contribution in [0, 0.1) is 12.8 Å². The van der Waals surface area contributed by atoms with Crippen molar-refractivity contribution in [3.63, 3.8) is 0 Å². The minimum Gasteiger partial charge on any atom is -0.312 e. The summed E-state index contributed by atoms with van der Waals surface area (Å²) in [5.41, 5.74) is 3.72. The molecular weight excluding hydrogens is 210 g/mol. The first-order valence-corrected chi connectivity index (χ1v) is 6.55. The molecule has 0 aromatic heterocycles. The van der Waals surface area contributed by atoms with E-state index in [1.54, 1.807) is 0 Å². The number of anilines is 1. The van der Waals surface area contributed by atoms with Gasteiger partial charge in [-0.2, -0.15) is 0 Å². The Morgan fingerprint density at radius 2 is 2.24 bits per heavy atom. The van der Waals surface area contributed by atoms with E-state index in [9.17, 15) is 4.79 Å². The lowest BCUT2D eigenvalue weighted by Gasteiger charge is -2.32. The van der Waals surface area contributed by atoms with E-state index < -0.39 is 0 Å². The maximum Gasteiger partial charge on any atom is 0.229 e. The Morgan fingerprint density at radius 3 is 2.94 bits per heavy atom. The van der Waals surface area contributed by atoms with Crippen LogP contribution in [0.1, 0.15) is 37.8 Å². The topological polar surface area (TPSA) is 20.3 Å². The van der Waals surface area contributed by atoms with E-state index >= 15 is 0 Å². The number of hydrogen-bond acceptors (Lipinski definition) is 1. The van der Waals surface area contributed by atoms with Gasteiger partial charge < -0.3 is 4.90 Å². The van der Waals surface area contributed by atoms with Gasteiger partial charge >= 0.3 is 0 Å². The molecule has 1 amide bonds. The Labute approximate surface area is 104 Å². The average molecular weight is 231 g/mol. The number of fused-ring (bicyclic) bond motifs is 1. The summed E-state index contributed by atoms with van der Waals surface area (Å²) in [6.07, 6.45) is 3.09. The van der Waals surface area contributed by atoms with Crippen LogP contribution in [0.5, 0.6) is 0 Å². The molecule has 1 aromatic rings. The lowest BCUT2D eigenvalue weighted by molar-refractivity contribution is -0.122. The highest BCUT2D eigenvalue weighted by Crippen LogP contribution is 2.31. The van der Waals surface area contributed by atoms with Crippen molar-refractivity contribution in [1.82, 2.24) is 0 Å². The second kappa shape index (κ2) is 4.91. The lowest BCUT2D eigenvalue weighted by atomic mass is 9.96. The van der Waals surface area contributed by atoms with Crippen LogP contribution in [0.15, 0.2) is 18.2 Å². The number of aryl methyl sites for hydroxylation is 2. The normalized spacial score (nSPS) is 16.5. The van der Waals surface area contributed by atoms with Gasteiger partial charge in [0.1, 0.15) is 0 Å². The summed E-state index contributed by atoms with van der Waals surface area (Å²) in [6, 6.07) is 6.34. The van der Waals surface area contributed by atoms with Crippen molar-refractivity contribution in [2.75, 3.05) is 11.4 Å². The molecule has 2 rings (SSSR count). The highest BCUT2D eigenvalue weighted by atomic mass is 16.2. The molecule has 2 heteroatoms. The first-order chi connectivity index (χ1) is 8.15. The molecule has 1 unspecified atom stereocenters. The van der Waals surface area contributed by atoms with Gasteiger partial charge in [0.05, 0.1) is 0 Å². The molecule has 0 N–H and O–H groups in total. The van der Waals surface area contributed by atoms with E-state index in [0.717, 1.165) is 25.8 Å². The minimum absolute atomic E-state index is 0.126. The van der Waals surface area contributed by atoms with Crippen LogP contribution in [0.3, 0.4) is 0 Å². The van der Waals surface area contributed by atoms with Crippen LogP contribution in [0.4, 0.5) is 5.69 Å². The van der Waals surface area contributed by atoms with E-state index in [0.29, 0.717) is 0 Å². The SMILES string of the molecule is CCC(C)C(=O)N1CCCc2cccc(C)c21. The van der Waals surface area contributed by atoms with E-state index in [-0.39, 0.29) is 11.8 Å². The van der Waals surface area contributed by atoms with Crippen molar-refractivity contribution in [1.29, 1.82) is 0 Å². The Bertz CT molecular complexity index is 425. The summed E-state index contributed by atoms with van der Waals surface area (Å²) < 4.78 is 0. The van der Waals surface area contributed by atoms with Crippen LogP contribution in [0.25, 0.3) is 0 Å². The fourth-order valence-corrected chi connectivity index (χ4v) is 2.51. The van der Waals surface area contributed by atoms with Gasteiger partial charge in [0.2, 0.25) is 5.91 Å². The third kappa shape index (κ3) is 2.21. The third-order valence-corrected chi connectivity index (χ3v) is 3.72. The van der Waals surface area contributed by atoms with E-state index in [4.69, 9.17) is 0 Å². The summed E-state index contributed by atoms with van der Waals surface area (Å²) >= 11 is 0. The van der Waals surface area contributed by atoms with Gasteiger partial charge in [-0.3, -0.25) is 4.79 Å². The summed E-state index contributed by atoms with van der Waals surface area (Å²) in [4.78, 5) is 14.4. The molecule has 0 fully saturated rings. The number of nitrogens with zero attached hydrogens (tertiary/aromatic N) is 1. The zero-order valence-electron chi connectivity index (χ0n) is 11.0. The quantitative estimate of drug-likeness (QED) is 0.764. The van der Waals surface area contributed by atoms with Gasteiger partial charge in [0.15, 0.2) is 0 Å². The van der Waals surface area contributed by atoms with Gasteiger partial charge in [-0.25, -0.2) is 0 Å². The third-order valence-electron chi connectivity index (χ3n) is 3.72. The fraction of sp³-hybridized carbons (Fsp3) is 0.533. The van der Waals surface area contributed by atoms with Crippen molar-refractivity contribution in [3.8, 4) is 0 Å². The van der Waals surface area contributed by atoms with Crippen LogP contribution in [-0.2, 0) is 11.2 Å². The number of para-hydroxylation sites is 1. The Kier molecular flexibility index (Phi) is 3.51. The average Bonchev–Trinajstić information content (AvgIpc) is 2.36. The first kappa shape index (κ1) is 12.2. The Balaban J connectivity index is 2.37. The number of rotatable bonds is 2. The Morgan fingerprint density at radius 1 is 1.47 bits per heavy atom. The molecule has 0 radical (unpaired) electrons. The molecule has 92 valence electrons. The molecule has 0 bridgehead atoms. The maximum absolute atomic E-state index is 12.4. The number of amides is 1. The predicted molar refractivity (Wildman–Crippen MR) is 71.3 cm³/mol. The zero-order chi connectivity index (χ0) is 12.4. The minimum atomic E-state index is 0.126. The molecule has 2 nitrogen and oxygen atoms in total. The smallest absolute Gasteiger partial charge is 0.229 e. The lowest BCUT2D eigenvalue weighted by Crippen LogP contribution is -2.39. The van der Waals surface area contributed by atoms with Crippen molar-refractivity contribution in [2.45, 2.75) is 40.0 Å². The van der Waals surface area contributed by atoms with Gasteiger partial charge in [-0.1, -0.05) is 32.0 Å². The Hall–Kier alpha value is -1.31. The molecular formula is C15H21NO. The maximum atomic E-state index is 12.4. The van der Waals surface area contributed by atoms with Crippen molar-refractivity contribution in [2.24, 2.45) is 5.92 Å². The van der Waals surface area contributed by atoms with Crippen molar-refractivity contribution >= 4 is 11.6 Å². The van der Waals surface area contributed by atoms with E-state index in [2.05, 4.69) is 32.0 Å².